The van der Waals surface area contributed by atoms with Crippen molar-refractivity contribution < 1.29 is 19.0 Å². The molecule has 4 rings (SSSR count). The molecule has 0 bridgehead atoms. The molecule has 1 aromatic carbocycles. The number of carbonyl (C=O) groups is 1. The summed E-state index contributed by atoms with van der Waals surface area (Å²) in [5.74, 6) is -0.183. The lowest BCUT2D eigenvalue weighted by molar-refractivity contribution is 0.0319. The fraction of sp³-hybridized carbons (Fsp3) is 0.435. The van der Waals surface area contributed by atoms with Gasteiger partial charge >= 0.3 is 5.97 Å². The zero-order chi connectivity index (χ0) is 21.8. The highest BCUT2D eigenvalue weighted by Gasteiger charge is 2.16. The average molecular weight is 425 g/mol. The standard InChI is InChI=1S/C23H28N4O4/c1-15-16(2)24-20-5-4-17(13-19(15)20)12-18-14-21(26-22(25-18)23(28)29-3)31-11-8-27-6-9-30-10-7-27/h4-5,13-14,24H,6-12H2,1-3H3. The number of aromatic amines is 1. The van der Waals surface area contributed by atoms with Gasteiger partial charge in [0.1, 0.15) is 6.61 Å². The number of hydrogen-bond donors (Lipinski definition) is 1. The largest absolute Gasteiger partial charge is 0.476 e. The normalized spacial score (nSPS) is 14.7. The number of fused-ring (bicyclic) bond motifs is 1. The molecular weight excluding hydrogens is 396 g/mol. The van der Waals surface area contributed by atoms with Crippen molar-refractivity contribution >= 4 is 16.9 Å². The zero-order valence-electron chi connectivity index (χ0n) is 18.2. The minimum absolute atomic E-state index is 0.0103. The first-order valence-electron chi connectivity index (χ1n) is 10.5. The number of H-pyrrole nitrogens is 1. The van der Waals surface area contributed by atoms with E-state index >= 15 is 0 Å². The lowest BCUT2D eigenvalue weighted by Crippen LogP contribution is -2.38. The van der Waals surface area contributed by atoms with E-state index in [4.69, 9.17) is 14.2 Å². The Kier molecular flexibility index (Phi) is 6.48. The number of methoxy groups -OCH3 is 1. The van der Waals surface area contributed by atoms with E-state index in [-0.39, 0.29) is 5.82 Å². The second-order valence-electron chi connectivity index (χ2n) is 7.75. The van der Waals surface area contributed by atoms with Gasteiger partial charge in [-0.1, -0.05) is 6.07 Å². The van der Waals surface area contributed by atoms with E-state index in [1.54, 1.807) is 6.07 Å². The molecule has 0 aliphatic carbocycles. The van der Waals surface area contributed by atoms with Crippen molar-refractivity contribution in [3.05, 3.63) is 52.6 Å². The predicted octanol–water partition coefficient (Wildman–Crippen LogP) is 2.66. The lowest BCUT2D eigenvalue weighted by atomic mass is 10.1. The van der Waals surface area contributed by atoms with Crippen LogP contribution in [-0.2, 0) is 15.9 Å². The summed E-state index contributed by atoms with van der Waals surface area (Å²) in [4.78, 5) is 26.4. The number of nitrogens with zero attached hydrogens (tertiary/aromatic N) is 3. The highest BCUT2D eigenvalue weighted by Crippen LogP contribution is 2.24. The van der Waals surface area contributed by atoms with Crippen molar-refractivity contribution in [2.45, 2.75) is 20.3 Å². The van der Waals surface area contributed by atoms with Gasteiger partial charge in [0, 0.05) is 48.7 Å². The molecule has 8 heteroatoms. The maximum absolute atomic E-state index is 12.1. The molecule has 8 nitrogen and oxygen atoms in total. The predicted molar refractivity (Wildman–Crippen MR) is 117 cm³/mol. The molecule has 0 spiro atoms. The van der Waals surface area contributed by atoms with Crippen LogP contribution >= 0.6 is 0 Å². The van der Waals surface area contributed by atoms with Crippen LogP contribution in [0.3, 0.4) is 0 Å². The van der Waals surface area contributed by atoms with E-state index in [2.05, 4.69) is 51.9 Å². The summed E-state index contributed by atoms with van der Waals surface area (Å²) < 4.78 is 16.1. The fourth-order valence-electron chi connectivity index (χ4n) is 3.75. The van der Waals surface area contributed by atoms with Crippen LogP contribution < -0.4 is 4.74 Å². The van der Waals surface area contributed by atoms with Gasteiger partial charge in [-0.3, -0.25) is 4.90 Å². The Morgan fingerprint density at radius 2 is 2.00 bits per heavy atom. The van der Waals surface area contributed by atoms with Gasteiger partial charge in [-0.15, -0.1) is 0 Å². The molecule has 1 saturated heterocycles. The fourth-order valence-corrected chi connectivity index (χ4v) is 3.75. The number of hydrogen-bond acceptors (Lipinski definition) is 7. The molecule has 31 heavy (non-hydrogen) atoms. The Morgan fingerprint density at radius 3 is 2.77 bits per heavy atom. The second-order valence-corrected chi connectivity index (χ2v) is 7.75. The van der Waals surface area contributed by atoms with Crippen LogP contribution in [0.4, 0.5) is 0 Å². The monoisotopic (exact) mass is 424 g/mol. The number of esters is 1. The first kappa shape index (κ1) is 21.3. The summed E-state index contributed by atoms with van der Waals surface area (Å²) in [6.45, 7) is 8.72. The molecule has 3 heterocycles. The maximum atomic E-state index is 12.1. The molecule has 0 saturated carbocycles. The van der Waals surface area contributed by atoms with Gasteiger partial charge in [-0.2, -0.15) is 4.98 Å². The molecule has 1 aliphatic heterocycles. The second kappa shape index (κ2) is 9.45. The van der Waals surface area contributed by atoms with Crippen molar-refractivity contribution in [1.29, 1.82) is 0 Å². The molecular formula is C23H28N4O4. The summed E-state index contributed by atoms with van der Waals surface area (Å²) in [6.07, 6.45) is 0.561. The smallest absolute Gasteiger partial charge is 0.376 e. The average Bonchev–Trinajstić information content (AvgIpc) is 3.07. The third-order valence-electron chi connectivity index (χ3n) is 5.64. The van der Waals surface area contributed by atoms with Gasteiger partial charge in [0.2, 0.25) is 11.7 Å². The Bertz CT molecular complexity index is 1070. The first-order valence-corrected chi connectivity index (χ1v) is 10.5. The van der Waals surface area contributed by atoms with Crippen molar-refractivity contribution in [2.75, 3.05) is 46.6 Å². The van der Waals surface area contributed by atoms with Gasteiger partial charge < -0.3 is 19.2 Å². The number of morpholine rings is 1. The van der Waals surface area contributed by atoms with E-state index in [1.807, 2.05) is 0 Å². The number of aryl methyl sites for hydroxylation is 2. The van der Waals surface area contributed by atoms with Crippen molar-refractivity contribution in [2.24, 2.45) is 0 Å². The van der Waals surface area contributed by atoms with E-state index in [9.17, 15) is 4.79 Å². The minimum atomic E-state index is -0.576. The summed E-state index contributed by atoms with van der Waals surface area (Å²) >= 11 is 0. The molecule has 0 radical (unpaired) electrons. The number of nitrogens with one attached hydrogen (secondary N) is 1. The molecule has 164 valence electrons. The van der Waals surface area contributed by atoms with Gasteiger partial charge in [0.25, 0.3) is 0 Å². The molecule has 3 aromatic rings. The van der Waals surface area contributed by atoms with Crippen molar-refractivity contribution in [1.82, 2.24) is 19.9 Å². The highest BCUT2D eigenvalue weighted by atomic mass is 16.5. The Morgan fingerprint density at radius 1 is 1.19 bits per heavy atom. The van der Waals surface area contributed by atoms with Crippen LogP contribution in [0.1, 0.15) is 33.1 Å². The van der Waals surface area contributed by atoms with Gasteiger partial charge in [0.15, 0.2) is 0 Å². The van der Waals surface area contributed by atoms with E-state index < -0.39 is 5.97 Å². The minimum Gasteiger partial charge on any atom is -0.476 e. The Balaban J connectivity index is 1.52. The van der Waals surface area contributed by atoms with Gasteiger partial charge in [0.05, 0.1) is 26.0 Å². The van der Waals surface area contributed by atoms with Crippen molar-refractivity contribution in [3.63, 3.8) is 0 Å². The molecule has 1 aliphatic rings. The molecule has 1 fully saturated rings. The number of benzene rings is 1. The third-order valence-corrected chi connectivity index (χ3v) is 5.64. The van der Waals surface area contributed by atoms with Crippen LogP contribution in [0.5, 0.6) is 5.88 Å². The SMILES string of the molecule is COC(=O)c1nc(Cc2ccc3[nH]c(C)c(C)c3c2)cc(OCCN2CCOCC2)n1. The van der Waals surface area contributed by atoms with E-state index in [0.29, 0.717) is 24.6 Å². The molecule has 0 unspecified atom stereocenters. The molecule has 1 N–H and O–H groups in total. The number of rotatable bonds is 7. The Hall–Kier alpha value is -2.97. The van der Waals surface area contributed by atoms with Crippen LogP contribution in [0.2, 0.25) is 0 Å². The Labute approximate surface area is 181 Å². The quantitative estimate of drug-likeness (QED) is 0.583. The molecule has 0 atom stereocenters. The molecule has 0 amide bonds. The lowest BCUT2D eigenvalue weighted by Gasteiger charge is -2.26. The summed E-state index contributed by atoms with van der Waals surface area (Å²) in [5.41, 5.74) is 5.33. The molecule has 2 aromatic heterocycles. The number of aromatic nitrogens is 3. The topological polar surface area (TPSA) is 89.6 Å². The summed E-state index contributed by atoms with van der Waals surface area (Å²) in [5, 5.41) is 1.19. The van der Waals surface area contributed by atoms with E-state index in [1.165, 1.54) is 18.1 Å². The maximum Gasteiger partial charge on any atom is 0.376 e. The van der Waals surface area contributed by atoms with Crippen LogP contribution in [0.15, 0.2) is 24.3 Å². The third kappa shape index (κ3) is 5.03. The van der Waals surface area contributed by atoms with E-state index in [0.717, 1.165) is 49.6 Å². The number of ether oxygens (including phenoxy) is 3. The summed E-state index contributed by atoms with van der Waals surface area (Å²) in [7, 11) is 1.32. The van der Waals surface area contributed by atoms with Crippen molar-refractivity contribution in [3.8, 4) is 5.88 Å². The van der Waals surface area contributed by atoms with Crippen LogP contribution in [0, 0.1) is 13.8 Å². The highest BCUT2D eigenvalue weighted by molar-refractivity contribution is 5.86. The number of carbonyl (C=O) groups excluding carboxylic acids is 1. The zero-order valence-corrected chi connectivity index (χ0v) is 18.2. The first-order chi connectivity index (χ1) is 15.0. The van der Waals surface area contributed by atoms with Crippen LogP contribution in [0.25, 0.3) is 10.9 Å². The van der Waals surface area contributed by atoms with Gasteiger partial charge in [-0.05, 0) is 37.1 Å². The summed E-state index contributed by atoms with van der Waals surface area (Å²) in [6, 6.07) is 8.10. The van der Waals surface area contributed by atoms with Gasteiger partial charge in [-0.25, -0.2) is 9.78 Å². The van der Waals surface area contributed by atoms with Crippen LogP contribution in [-0.4, -0.2) is 72.4 Å².